The number of nitrogens with zero attached hydrogens (tertiary/aromatic N) is 1. The van der Waals surface area contributed by atoms with Crippen LogP contribution in [-0.2, 0) is 20.9 Å². The van der Waals surface area contributed by atoms with E-state index in [1.54, 1.807) is 42.6 Å². The Hall–Kier alpha value is -1.72. The maximum absolute atomic E-state index is 12.0. The Morgan fingerprint density at radius 2 is 1.79 bits per heavy atom. The molecule has 0 spiro atoms. The lowest BCUT2D eigenvalue weighted by Gasteiger charge is -2.06. The van der Waals surface area contributed by atoms with Crippen LogP contribution in [0.2, 0.25) is 0 Å². The number of aryl methyl sites for hydroxylation is 2. The minimum Gasteiger partial charge on any atom is -0.262 e. The number of aromatic nitrogens is 1. The van der Waals surface area contributed by atoms with Gasteiger partial charge in [-0.05, 0) is 43.7 Å². The van der Waals surface area contributed by atoms with Gasteiger partial charge in [0.2, 0.25) is 0 Å². The summed E-state index contributed by atoms with van der Waals surface area (Å²) in [5, 5.41) is 0. The smallest absolute Gasteiger partial charge is 0.262 e. The van der Waals surface area contributed by atoms with Gasteiger partial charge in [0.15, 0.2) is 0 Å². The minimum absolute atomic E-state index is 0.0135. The Morgan fingerprint density at radius 1 is 1.11 bits per heavy atom. The van der Waals surface area contributed by atoms with Crippen LogP contribution in [0.25, 0.3) is 0 Å². The normalized spacial score (nSPS) is 11.5. The maximum Gasteiger partial charge on any atom is 0.297 e. The van der Waals surface area contributed by atoms with Crippen molar-refractivity contribution < 1.29 is 12.6 Å². The molecule has 0 amide bonds. The lowest BCUT2D eigenvalue weighted by atomic mass is 10.2. The molecule has 2 aromatic rings. The van der Waals surface area contributed by atoms with Gasteiger partial charge in [-0.1, -0.05) is 17.7 Å². The molecule has 4 nitrogen and oxygen atoms in total. The van der Waals surface area contributed by atoms with E-state index in [1.807, 2.05) is 13.8 Å². The van der Waals surface area contributed by atoms with Gasteiger partial charge in [0.25, 0.3) is 10.1 Å². The minimum atomic E-state index is -3.71. The Kier molecular flexibility index (Phi) is 3.97. The first kappa shape index (κ1) is 13.7. The fraction of sp³-hybridized carbons (Fsp3) is 0.214. The van der Waals surface area contributed by atoms with E-state index in [-0.39, 0.29) is 11.5 Å². The molecule has 0 saturated heterocycles. The summed E-state index contributed by atoms with van der Waals surface area (Å²) in [6.07, 6.45) is 1.63. The second-order valence-electron chi connectivity index (χ2n) is 4.33. The van der Waals surface area contributed by atoms with Gasteiger partial charge in [-0.2, -0.15) is 8.42 Å². The van der Waals surface area contributed by atoms with E-state index in [0.29, 0.717) is 0 Å². The molecule has 0 atom stereocenters. The van der Waals surface area contributed by atoms with Crippen molar-refractivity contribution in [1.29, 1.82) is 0 Å². The van der Waals surface area contributed by atoms with Gasteiger partial charge < -0.3 is 0 Å². The monoisotopic (exact) mass is 277 g/mol. The molecular weight excluding hydrogens is 262 g/mol. The van der Waals surface area contributed by atoms with Crippen LogP contribution in [0.4, 0.5) is 0 Å². The fourth-order valence-corrected chi connectivity index (χ4v) is 2.51. The first-order valence-corrected chi connectivity index (χ1v) is 7.26. The molecular formula is C14H15NO3S. The molecule has 1 aromatic heterocycles. The lowest BCUT2D eigenvalue weighted by Crippen LogP contribution is -2.06. The number of hydrogen-bond acceptors (Lipinski definition) is 4. The molecule has 5 heteroatoms. The van der Waals surface area contributed by atoms with Crippen molar-refractivity contribution in [3.05, 3.63) is 59.4 Å². The highest BCUT2D eigenvalue weighted by molar-refractivity contribution is 7.86. The van der Waals surface area contributed by atoms with E-state index in [0.717, 1.165) is 16.8 Å². The molecule has 1 heterocycles. The van der Waals surface area contributed by atoms with Crippen LogP contribution in [0.5, 0.6) is 0 Å². The molecule has 0 aliphatic carbocycles. The Bertz CT molecular complexity index is 663. The molecule has 0 radical (unpaired) electrons. The lowest BCUT2D eigenvalue weighted by molar-refractivity contribution is 0.308. The summed E-state index contributed by atoms with van der Waals surface area (Å²) in [6, 6.07) is 10.1. The largest absolute Gasteiger partial charge is 0.297 e. The van der Waals surface area contributed by atoms with E-state index in [2.05, 4.69) is 4.98 Å². The zero-order valence-electron chi connectivity index (χ0n) is 10.8. The fourth-order valence-electron chi connectivity index (χ4n) is 1.61. The number of pyridine rings is 1. The van der Waals surface area contributed by atoms with Gasteiger partial charge in [0, 0.05) is 11.9 Å². The number of hydrogen-bond donors (Lipinski definition) is 0. The van der Waals surface area contributed by atoms with E-state index < -0.39 is 10.1 Å². The van der Waals surface area contributed by atoms with Crippen molar-refractivity contribution in [3.8, 4) is 0 Å². The second-order valence-corrected chi connectivity index (χ2v) is 5.95. The first-order chi connectivity index (χ1) is 8.97. The van der Waals surface area contributed by atoms with Gasteiger partial charge >= 0.3 is 0 Å². The van der Waals surface area contributed by atoms with Gasteiger partial charge in [0.05, 0.1) is 11.5 Å². The van der Waals surface area contributed by atoms with Crippen molar-refractivity contribution in [2.45, 2.75) is 25.3 Å². The zero-order chi connectivity index (χ0) is 13.9. The summed E-state index contributed by atoms with van der Waals surface area (Å²) in [6.45, 7) is 3.76. The second kappa shape index (κ2) is 5.50. The molecule has 0 N–H and O–H groups in total. The van der Waals surface area contributed by atoms with Crippen molar-refractivity contribution in [2.24, 2.45) is 0 Å². The Morgan fingerprint density at radius 3 is 2.42 bits per heavy atom. The third-order valence-electron chi connectivity index (χ3n) is 2.65. The van der Waals surface area contributed by atoms with Crippen LogP contribution < -0.4 is 0 Å². The summed E-state index contributed by atoms with van der Waals surface area (Å²) in [4.78, 5) is 4.22. The standard InChI is InChI=1S/C14H15NO3S/c1-11-3-5-14(6-4-11)19(16,17)18-10-13-7-8-15-12(2)9-13/h3-9H,10H2,1-2H3. The van der Waals surface area contributed by atoms with Crippen LogP contribution in [0.1, 0.15) is 16.8 Å². The van der Waals surface area contributed by atoms with Crippen LogP contribution in [0.15, 0.2) is 47.5 Å². The van der Waals surface area contributed by atoms with E-state index in [9.17, 15) is 8.42 Å². The molecule has 1 aromatic carbocycles. The number of rotatable bonds is 4. The predicted molar refractivity (Wildman–Crippen MR) is 72.1 cm³/mol. The average molecular weight is 277 g/mol. The van der Waals surface area contributed by atoms with E-state index in [1.165, 1.54) is 0 Å². The van der Waals surface area contributed by atoms with Gasteiger partial charge in [-0.3, -0.25) is 9.17 Å². The highest BCUT2D eigenvalue weighted by atomic mass is 32.2. The molecule has 0 saturated carbocycles. The van der Waals surface area contributed by atoms with Crippen LogP contribution in [0, 0.1) is 13.8 Å². The van der Waals surface area contributed by atoms with E-state index in [4.69, 9.17) is 4.18 Å². The van der Waals surface area contributed by atoms with Crippen LogP contribution in [-0.4, -0.2) is 13.4 Å². The van der Waals surface area contributed by atoms with Crippen molar-refractivity contribution in [2.75, 3.05) is 0 Å². The molecule has 2 rings (SSSR count). The SMILES string of the molecule is Cc1ccc(S(=O)(=O)OCc2ccnc(C)c2)cc1. The highest BCUT2D eigenvalue weighted by Crippen LogP contribution is 2.15. The third-order valence-corrected chi connectivity index (χ3v) is 3.93. The predicted octanol–water partition coefficient (Wildman–Crippen LogP) is 2.60. The summed E-state index contributed by atoms with van der Waals surface area (Å²) < 4.78 is 29.0. The number of benzene rings is 1. The average Bonchev–Trinajstić information content (AvgIpc) is 2.37. The van der Waals surface area contributed by atoms with Gasteiger partial charge in [0.1, 0.15) is 0 Å². The first-order valence-electron chi connectivity index (χ1n) is 5.85. The van der Waals surface area contributed by atoms with Gasteiger partial charge in [-0.15, -0.1) is 0 Å². The van der Waals surface area contributed by atoms with Crippen LogP contribution in [0.3, 0.4) is 0 Å². The van der Waals surface area contributed by atoms with Crippen molar-refractivity contribution >= 4 is 10.1 Å². The van der Waals surface area contributed by atoms with Crippen molar-refractivity contribution in [1.82, 2.24) is 4.98 Å². The topological polar surface area (TPSA) is 56.3 Å². The Balaban J connectivity index is 2.12. The van der Waals surface area contributed by atoms with Gasteiger partial charge in [-0.25, -0.2) is 0 Å². The summed E-state index contributed by atoms with van der Waals surface area (Å²) in [5.41, 5.74) is 2.61. The molecule has 0 unspecified atom stereocenters. The molecule has 19 heavy (non-hydrogen) atoms. The summed E-state index contributed by atoms with van der Waals surface area (Å²) in [5.74, 6) is 0. The van der Waals surface area contributed by atoms with Crippen LogP contribution >= 0.6 is 0 Å². The maximum atomic E-state index is 12.0. The Labute approximate surface area is 113 Å². The third kappa shape index (κ3) is 3.62. The molecule has 0 aliphatic rings. The highest BCUT2D eigenvalue weighted by Gasteiger charge is 2.14. The molecule has 0 fully saturated rings. The molecule has 0 aliphatic heterocycles. The molecule has 0 bridgehead atoms. The van der Waals surface area contributed by atoms with Crippen molar-refractivity contribution in [3.63, 3.8) is 0 Å². The zero-order valence-corrected chi connectivity index (χ0v) is 11.6. The van der Waals surface area contributed by atoms with E-state index >= 15 is 0 Å². The summed E-state index contributed by atoms with van der Waals surface area (Å²) in [7, 11) is -3.71. The molecule has 100 valence electrons. The quantitative estimate of drug-likeness (QED) is 0.806. The summed E-state index contributed by atoms with van der Waals surface area (Å²) >= 11 is 0.